The minimum atomic E-state index is -0.212. The van der Waals surface area contributed by atoms with Gasteiger partial charge in [0.15, 0.2) is 0 Å². The molecule has 0 aliphatic rings. The van der Waals surface area contributed by atoms with Crippen LogP contribution in [0.3, 0.4) is 0 Å². The topological polar surface area (TPSA) is 67.0 Å². The van der Waals surface area contributed by atoms with Crippen LogP contribution in [0.5, 0.6) is 5.75 Å². The van der Waals surface area contributed by atoms with Gasteiger partial charge in [-0.25, -0.2) is 0 Å². The van der Waals surface area contributed by atoms with Crippen LogP contribution in [-0.2, 0) is 0 Å². The molecular weight excluding hydrogens is 302 g/mol. The number of methoxy groups -OCH3 is 1. The lowest BCUT2D eigenvalue weighted by Crippen LogP contribution is -2.13. The van der Waals surface area contributed by atoms with E-state index in [0.717, 1.165) is 28.1 Å². The molecule has 5 heteroatoms. The van der Waals surface area contributed by atoms with Gasteiger partial charge in [-0.2, -0.15) is 5.10 Å². The second kappa shape index (κ2) is 6.58. The van der Waals surface area contributed by atoms with Crippen molar-refractivity contribution >= 4 is 11.6 Å². The van der Waals surface area contributed by atoms with Crippen LogP contribution in [0.15, 0.2) is 48.5 Å². The van der Waals surface area contributed by atoms with Crippen molar-refractivity contribution in [2.75, 3.05) is 12.4 Å². The molecule has 0 bridgehead atoms. The van der Waals surface area contributed by atoms with E-state index in [1.54, 1.807) is 13.2 Å². The first-order valence-electron chi connectivity index (χ1n) is 7.66. The van der Waals surface area contributed by atoms with Crippen LogP contribution in [0, 0.1) is 13.8 Å². The molecule has 0 spiro atoms. The molecule has 1 amide bonds. The van der Waals surface area contributed by atoms with Crippen molar-refractivity contribution < 1.29 is 9.53 Å². The van der Waals surface area contributed by atoms with Crippen LogP contribution < -0.4 is 10.1 Å². The van der Waals surface area contributed by atoms with E-state index in [0.29, 0.717) is 11.4 Å². The third-order valence-electron chi connectivity index (χ3n) is 4.06. The molecule has 0 saturated carbocycles. The van der Waals surface area contributed by atoms with Gasteiger partial charge in [-0.15, -0.1) is 0 Å². The summed E-state index contributed by atoms with van der Waals surface area (Å²) in [6.45, 7) is 4.00. The maximum atomic E-state index is 12.4. The molecule has 24 heavy (non-hydrogen) atoms. The first kappa shape index (κ1) is 15.8. The van der Waals surface area contributed by atoms with Gasteiger partial charge in [-0.05, 0) is 61.4 Å². The highest BCUT2D eigenvalue weighted by molar-refractivity contribution is 6.03. The number of aryl methyl sites for hydroxylation is 1. The highest BCUT2D eigenvalue weighted by atomic mass is 16.5. The number of hydrogen-bond acceptors (Lipinski definition) is 3. The largest absolute Gasteiger partial charge is 0.497 e. The molecule has 3 aromatic rings. The van der Waals surface area contributed by atoms with Gasteiger partial charge < -0.3 is 10.1 Å². The summed E-state index contributed by atoms with van der Waals surface area (Å²) in [4.78, 5) is 12.4. The summed E-state index contributed by atoms with van der Waals surface area (Å²) in [6, 6.07) is 15.1. The van der Waals surface area contributed by atoms with Gasteiger partial charge in [0.1, 0.15) is 11.4 Å². The molecule has 122 valence electrons. The molecular formula is C19H19N3O2. The van der Waals surface area contributed by atoms with E-state index in [1.807, 2.05) is 56.3 Å². The third kappa shape index (κ3) is 3.15. The fourth-order valence-corrected chi connectivity index (χ4v) is 2.42. The molecule has 2 N–H and O–H groups in total. The number of benzene rings is 2. The molecule has 2 aromatic carbocycles. The lowest BCUT2D eigenvalue weighted by Gasteiger charge is -2.09. The Morgan fingerprint density at radius 1 is 1.12 bits per heavy atom. The van der Waals surface area contributed by atoms with Gasteiger partial charge in [-0.3, -0.25) is 9.89 Å². The summed E-state index contributed by atoms with van der Waals surface area (Å²) in [7, 11) is 1.62. The number of aromatic nitrogens is 2. The predicted octanol–water partition coefficient (Wildman–Crippen LogP) is 3.95. The summed E-state index contributed by atoms with van der Waals surface area (Å²) in [5.74, 6) is 0.568. The van der Waals surface area contributed by atoms with E-state index < -0.39 is 0 Å². The number of carbonyl (C=O) groups is 1. The van der Waals surface area contributed by atoms with Crippen molar-refractivity contribution in [1.82, 2.24) is 10.2 Å². The van der Waals surface area contributed by atoms with Crippen molar-refractivity contribution in [2.24, 2.45) is 0 Å². The van der Waals surface area contributed by atoms with E-state index in [1.165, 1.54) is 0 Å². The van der Waals surface area contributed by atoms with Crippen molar-refractivity contribution in [3.8, 4) is 17.0 Å². The van der Waals surface area contributed by atoms with Crippen LogP contribution >= 0.6 is 0 Å². The normalized spacial score (nSPS) is 10.5. The van der Waals surface area contributed by atoms with Crippen LogP contribution in [0.25, 0.3) is 11.3 Å². The fraction of sp³-hybridized carbons (Fsp3) is 0.158. The number of H-pyrrole nitrogens is 1. The molecule has 0 aliphatic heterocycles. The number of aromatic amines is 1. The molecule has 0 aliphatic carbocycles. The zero-order valence-corrected chi connectivity index (χ0v) is 13.9. The maximum absolute atomic E-state index is 12.4. The zero-order valence-electron chi connectivity index (χ0n) is 13.9. The highest BCUT2D eigenvalue weighted by Crippen LogP contribution is 2.22. The zero-order chi connectivity index (χ0) is 17.1. The van der Waals surface area contributed by atoms with Gasteiger partial charge in [0.25, 0.3) is 5.91 Å². The average Bonchev–Trinajstić information content (AvgIpc) is 3.09. The number of hydrogen-bond donors (Lipinski definition) is 2. The Labute approximate surface area is 140 Å². The molecule has 3 rings (SSSR count). The number of amides is 1. The van der Waals surface area contributed by atoms with Gasteiger partial charge in [-0.1, -0.05) is 12.1 Å². The van der Waals surface area contributed by atoms with Crippen LogP contribution in [0.1, 0.15) is 21.6 Å². The number of carbonyl (C=O) groups excluding carboxylic acids is 1. The van der Waals surface area contributed by atoms with E-state index in [2.05, 4.69) is 15.5 Å². The molecule has 1 aromatic heterocycles. The Morgan fingerprint density at radius 2 is 1.88 bits per heavy atom. The Morgan fingerprint density at radius 3 is 2.58 bits per heavy atom. The second-order valence-corrected chi connectivity index (χ2v) is 5.60. The van der Waals surface area contributed by atoms with E-state index >= 15 is 0 Å². The Balaban J connectivity index is 1.79. The number of nitrogens with one attached hydrogen (secondary N) is 2. The lowest BCUT2D eigenvalue weighted by molar-refractivity contribution is 0.102. The first-order chi connectivity index (χ1) is 11.6. The third-order valence-corrected chi connectivity index (χ3v) is 4.06. The monoisotopic (exact) mass is 321 g/mol. The quantitative estimate of drug-likeness (QED) is 0.764. The summed E-state index contributed by atoms with van der Waals surface area (Å²) < 4.78 is 5.14. The summed E-state index contributed by atoms with van der Waals surface area (Å²) >= 11 is 0. The molecule has 1 heterocycles. The molecule has 0 fully saturated rings. The van der Waals surface area contributed by atoms with Crippen LogP contribution in [-0.4, -0.2) is 23.2 Å². The van der Waals surface area contributed by atoms with E-state index in [9.17, 15) is 4.79 Å². The SMILES string of the molecule is COc1ccc(-c2cc(C(=O)Nc3cccc(C)c3C)[nH]n2)cc1. The molecule has 0 radical (unpaired) electrons. The fourth-order valence-electron chi connectivity index (χ4n) is 2.42. The Kier molecular flexibility index (Phi) is 4.33. The predicted molar refractivity (Wildman–Crippen MR) is 94.4 cm³/mol. The smallest absolute Gasteiger partial charge is 0.273 e. The molecule has 0 atom stereocenters. The number of ether oxygens (including phenoxy) is 1. The van der Waals surface area contributed by atoms with Gasteiger partial charge in [0.05, 0.1) is 12.8 Å². The van der Waals surface area contributed by atoms with Gasteiger partial charge in [0.2, 0.25) is 0 Å². The number of anilines is 1. The molecule has 5 nitrogen and oxygen atoms in total. The Bertz CT molecular complexity index is 867. The lowest BCUT2D eigenvalue weighted by atomic mass is 10.1. The van der Waals surface area contributed by atoms with Crippen molar-refractivity contribution in [2.45, 2.75) is 13.8 Å². The first-order valence-corrected chi connectivity index (χ1v) is 7.66. The van der Waals surface area contributed by atoms with Gasteiger partial charge in [0, 0.05) is 11.3 Å². The highest BCUT2D eigenvalue weighted by Gasteiger charge is 2.12. The van der Waals surface area contributed by atoms with Crippen molar-refractivity contribution in [3.05, 3.63) is 65.4 Å². The van der Waals surface area contributed by atoms with Crippen molar-refractivity contribution in [3.63, 3.8) is 0 Å². The summed E-state index contributed by atoms with van der Waals surface area (Å²) in [5, 5.41) is 9.93. The second-order valence-electron chi connectivity index (χ2n) is 5.60. The maximum Gasteiger partial charge on any atom is 0.273 e. The minimum Gasteiger partial charge on any atom is -0.497 e. The molecule has 0 unspecified atom stereocenters. The summed E-state index contributed by atoms with van der Waals surface area (Å²) in [5.41, 5.74) is 5.04. The van der Waals surface area contributed by atoms with Crippen LogP contribution in [0.4, 0.5) is 5.69 Å². The van der Waals surface area contributed by atoms with Gasteiger partial charge >= 0.3 is 0 Å². The number of nitrogens with zero attached hydrogens (tertiary/aromatic N) is 1. The number of rotatable bonds is 4. The summed E-state index contributed by atoms with van der Waals surface area (Å²) in [6.07, 6.45) is 0. The van der Waals surface area contributed by atoms with E-state index in [4.69, 9.17) is 4.74 Å². The van der Waals surface area contributed by atoms with Crippen molar-refractivity contribution in [1.29, 1.82) is 0 Å². The Hall–Kier alpha value is -3.08. The minimum absolute atomic E-state index is 0.212. The van der Waals surface area contributed by atoms with E-state index in [-0.39, 0.29) is 5.91 Å². The standard InChI is InChI=1S/C19H19N3O2/c1-12-5-4-6-16(13(12)2)20-19(23)18-11-17(21-22-18)14-7-9-15(24-3)10-8-14/h4-11H,1-3H3,(H,20,23)(H,21,22). The van der Waals surface area contributed by atoms with Crippen LogP contribution in [0.2, 0.25) is 0 Å². The molecule has 0 saturated heterocycles. The average molecular weight is 321 g/mol.